The van der Waals surface area contributed by atoms with Gasteiger partial charge in [0.2, 0.25) is 0 Å². The number of rotatable bonds is 13. The molecule has 0 unspecified atom stereocenters. The summed E-state index contributed by atoms with van der Waals surface area (Å²) in [5.41, 5.74) is 1.21. The highest BCUT2D eigenvalue weighted by molar-refractivity contribution is 6.00. The summed E-state index contributed by atoms with van der Waals surface area (Å²) in [6, 6.07) is 6.65. The molecule has 0 aromatic heterocycles. The van der Waals surface area contributed by atoms with E-state index in [0.717, 1.165) is 75.6 Å². The molecule has 9 atom stereocenters. The van der Waals surface area contributed by atoms with Gasteiger partial charge in [0.15, 0.2) is 5.78 Å². The molecule has 5 aliphatic carbocycles. The minimum atomic E-state index is -1.18. The van der Waals surface area contributed by atoms with Gasteiger partial charge in [-0.05, 0) is 142 Å². The van der Waals surface area contributed by atoms with E-state index in [9.17, 15) is 29.0 Å². The van der Waals surface area contributed by atoms with E-state index in [2.05, 4.69) is 72.4 Å². The maximum Gasteiger partial charge on any atom is 0.309 e. The third kappa shape index (κ3) is 7.47. The van der Waals surface area contributed by atoms with E-state index in [1.807, 2.05) is 12.1 Å². The Morgan fingerprint density at radius 3 is 2.19 bits per heavy atom. The lowest BCUT2D eigenvalue weighted by atomic mass is 9.33. The van der Waals surface area contributed by atoms with E-state index >= 15 is 0 Å². The van der Waals surface area contributed by atoms with E-state index < -0.39 is 28.9 Å². The molecule has 1 aromatic carbocycles. The van der Waals surface area contributed by atoms with Gasteiger partial charge in [0.1, 0.15) is 11.9 Å². The number of carbonyl (C=O) groups excluding carboxylic acids is 2. The van der Waals surface area contributed by atoms with Crippen LogP contribution < -0.4 is 0 Å². The van der Waals surface area contributed by atoms with Gasteiger partial charge in [0, 0.05) is 43.4 Å². The molecule has 6 rings (SSSR count). The highest BCUT2D eigenvalue weighted by Gasteiger charge is 2.71. The van der Waals surface area contributed by atoms with E-state index in [0.29, 0.717) is 31.3 Å². The van der Waals surface area contributed by atoms with Gasteiger partial charge in [-0.25, -0.2) is 4.39 Å². The number of aliphatic hydroxyl groups is 1. The summed E-state index contributed by atoms with van der Waals surface area (Å²) in [7, 11) is 4.10. The smallest absolute Gasteiger partial charge is 0.309 e. The molecule has 9 heteroatoms. The van der Waals surface area contributed by atoms with E-state index in [1.165, 1.54) is 17.7 Å². The molecule has 0 bridgehead atoms. The van der Waals surface area contributed by atoms with Crippen molar-refractivity contribution in [3.63, 3.8) is 0 Å². The van der Waals surface area contributed by atoms with Crippen LogP contribution in [0.5, 0.6) is 0 Å². The molecule has 8 nitrogen and oxygen atoms in total. The molecule has 0 radical (unpaired) electrons. The van der Waals surface area contributed by atoms with Crippen molar-refractivity contribution in [2.45, 2.75) is 145 Å². The van der Waals surface area contributed by atoms with Crippen molar-refractivity contribution in [2.75, 3.05) is 33.7 Å². The number of fused-ring (bicyclic) bond motifs is 7. The summed E-state index contributed by atoms with van der Waals surface area (Å²) < 4.78 is 20.0. The first kappa shape index (κ1) is 43.9. The van der Waals surface area contributed by atoms with Gasteiger partial charge in [-0.1, -0.05) is 66.2 Å². The normalized spacial score (nSPS) is 35.5. The fourth-order valence-corrected chi connectivity index (χ4v) is 13.8. The predicted octanol–water partition coefficient (Wildman–Crippen LogP) is 8.94. The standard InChI is InChI=1S/C48H73FN2O6/c1-30(2)40-34(52)26-48(37(53)29-51(25-24-50(10)11)28-31-12-14-32(49)15-13-31)23-22-46(8)33(41(40)48)16-17-36-45(7)20-19-38(57-39(54)27-43(3,4)42(55)56)44(5,6)35(45)18-21-47(36,46)9/h12-15,30,33,35-38,53H,16-29H2,1-11H3,(H,55,56)/t33-,35+,36-,37-,38+,45+,46-,47-,48+/m1/s1. The minimum absolute atomic E-state index is 0.0183. The lowest BCUT2D eigenvalue weighted by Gasteiger charge is -2.72. The number of carboxylic acid groups (broad SMARTS) is 1. The van der Waals surface area contributed by atoms with Crippen LogP contribution >= 0.6 is 0 Å². The van der Waals surface area contributed by atoms with Gasteiger partial charge in [-0.2, -0.15) is 0 Å². The summed E-state index contributed by atoms with van der Waals surface area (Å²) in [6.07, 6.45) is 6.88. The number of allylic oxidation sites excluding steroid dienone is 1. The molecule has 318 valence electrons. The fraction of sp³-hybridized carbons (Fsp3) is 0.771. The van der Waals surface area contributed by atoms with Crippen molar-refractivity contribution >= 4 is 17.7 Å². The summed E-state index contributed by atoms with van der Waals surface area (Å²) in [5, 5.41) is 22.3. The number of carboxylic acids is 1. The van der Waals surface area contributed by atoms with Crippen LogP contribution in [0.2, 0.25) is 0 Å². The highest BCUT2D eigenvalue weighted by Crippen LogP contribution is 2.77. The van der Waals surface area contributed by atoms with Crippen molar-refractivity contribution in [2.24, 2.45) is 56.2 Å². The Hall–Kier alpha value is -2.62. The number of aliphatic hydroxyl groups excluding tert-OH is 1. The third-order valence-corrected chi connectivity index (χ3v) is 17.1. The zero-order valence-electron chi connectivity index (χ0n) is 37.0. The SMILES string of the molecule is CC(C)C1=C2[C@H]3CC[C@@H]4[C@@]5(C)CC[C@H](OC(=O)CC(C)(C)C(=O)O)C(C)(C)[C@@H]5CC[C@@]4(C)[C@]3(C)CC[C@@]2([C@H](O)CN(CCN(C)C)Cc2ccc(F)cc2)CC1=O. The van der Waals surface area contributed by atoms with Crippen LogP contribution in [0.1, 0.15) is 132 Å². The van der Waals surface area contributed by atoms with Gasteiger partial charge in [-0.15, -0.1) is 0 Å². The lowest BCUT2D eigenvalue weighted by molar-refractivity contribution is -0.235. The first-order valence-corrected chi connectivity index (χ1v) is 21.9. The molecule has 0 spiro atoms. The second-order valence-corrected chi connectivity index (χ2v) is 21.7. The van der Waals surface area contributed by atoms with Crippen molar-refractivity contribution in [1.82, 2.24) is 9.80 Å². The Morgan fingerprint density at radius 2 is 1.58 bits per heavy atom. The largest absolute Gasteiger partial charge is 0.481 e. The Balaban J connectivity index is 1.29. The molecule has 5 aliphatic rings. The number of esters is 1. The number of Topliss-reactive ketones (excluding diaryl/α,β-unsaturated/α-hetero) is 1. The van der Waals surface area contributed by atoms with Crippen molar-refractivity contribution in [3.05, 3.63) is 46.8 Å². The monoisotopic (exact) mass is 793 g/mol. The lowest BCUT2D eigenvalue weighted by Crippen LogP contribution is -2.66. The molecule has 4 saturated carbocycles. The number of nitrogens with zero attached hydrogens (tertiary/aromatic N) is 2. The van der Waals surface area contributed by atoms with Crippen molar-refractivity contribution in [1.29, 1.82) is 0 Å². The number of hydrogen-bond acceptors (Lipinski definition) is 7. The van der Waals surface area contributed by atoms with Crippen LogP contribution in [0.4, 0.5) is 4.39 Å². The molecule has 0 heterocycles. The molecule has 0 aliphatic heterocycles. The van der Waals surface area contributed by atoms with Crippen LogP contribution in [0, 0.1) is 62.0 Å². The number of carbonyl (C=O) groups is 3. The molecule has 0 saturated heterocycles. The summed E-state index contributed by atoms with van der Waals surface area (Å²) in [4.78, 5) is 43.7. The van der Waals surface area contributed by atoms with E-state index in [4.69, 9.17) is 4.74 Å². The Morgan fingerprint density at radius 1 is 0.912 bits per heavy atom. The zero-order chi connectivity index (χ0) is 42.1. The second kappa shape index (κ2) is 15.4. The third-order valence-electron chi connectivity index (χ3n) is 17.1. The van der Waals surface area contributed by atoms with Crippen molar-refractivity contribution in [3.8, 4) is 0 Å². The van der Waals surface area contributed by atoms with Crippen LogP contribution in [0.15, 0.2) is 35.4 Å². The molecular formula is C48H73FN2O6. The highest BCUT2D eigenvalue weighted by atomic mass is 19.1. The summed E-state index contributed by atoms with van der Waals surface area (Å²) in [5.74, 6) is -0.380. The van der Waals surface area contributed by atoms with Crippen LogP contribution in [-0.4, -0.2) is 83.7 Å². The van der Waals surface area contributed by atoms with Crippen LogP contribution in [0.3, 0.4) is 0 Å². The molecule has 2 N–H and O–H groups in total. The number of ketones is 1. The van der Waals surface area contributed by atoms with Crippen LogP contribution in [0.25, 0.3) is 0 Å². The average molecular weight is 793 g/mol. The first-order valence-electron chi connectivity index (χ1n) is 21.9. The Kier molecular flexibility index (Phi) is 11.9. The van der Waals surface area contributed by atoms with Gasteiger partial charge in [0.05, 0.1) is 17.9 Å². The maximum absolute atomic E-state index is 14.3. The number of benzene rings is 1. The number of halogens is 1. The minimum Gasteiger partial charge on any atom is -0.481 e. The molecule has 0 amide bonds. The second-order valence-electron chi connectivity index (χ2n) is 21.7. The van der Waals surface area contributed by atoms with E-state index in [-0.39, 0.29) is 57.6 Å². The number of likely N-dealkylation sites (N-methyl/N-ethyl adjacent to an activating group) is 1. The molecule has 57 heavy (non-hydrogen) atoms. The predicted molar refractivity (Wildman–Crippen MR) is 222 cm³/mol. The zero-order valence-corrected chi connectivity index (χ0v) is 37.0. The topological polar surface area (TPSA) is 107 Å². The van der Waals surface area contributed by atoms with Gasteiger partial charge < -0.3 is 19.8 Å². The van der Waals surface area contributed by atoms with Gasteiger partial charge in [-0.3, -0.25) is 19.3 Å². The summed E-state index contributed by atoms with van der Waals surface area (Å²) in [6.45, 7) is 22.2. The van der Waals surface area contributed by atoms with Crippen LogP contribution in [-0.2, 0) is 25.7 Å². The van der Waals surface area contributed by atoms with Crippen molar-refractivity contribution < 1.29 is 33.7 Å². The first-order chi connectivity index (χ1) is 26.4. The quantitative estimate of drug-likeness (QED) is 0.191. The van der Waals surface area contributed by atoms with E-state index in [1.54, 1.807) is 13.8 Å². The average Bonchev–Trinajstić information content (AvgIpc) is 3.42. The van der Waals surface area contributed by atoms with Gasteiger partial charge in [0.25, 0.3) is 0 Å². The maximum atomic E-state index is 14.3. The fourth-order valence-electron chi connectivity index (χ4n) is 13.8. The molecule has 4 fully saturated rings. The number of aliphatic carboxylic acids is 1. The Bertz CT molecular complexity index is 1740. The molecular weight excluding hydrogens is 720 g/mol. The van der Waals surface area contributed by atoms with Gasteiger partial charge >= 0.3 is 11.9 Å². The number of hydrogen-bond donors (Lipinski definition) is 2. The summed E-state index contributed by atoms with van der Waals surface area (Å²) >= 11 is 0. The molecule has 1 aromatic rings. The number of ether oxygens (including phenoxy) is 1. The Labute approximate surface area is 342 Å².